The Bertz CT molecular complexity index is 2190. The van der Waals surface area contributed by atoms with E-state index in [1.54, 1.807) is 60.7 Å². The van der Waals surface area contributed by atoms with Crippen LogP contribution in [0.1, 0.15) is 27.0 Å². The van der Waals surface area contributed by atoms with Gasteiger partial charge in [-0.1, -0.05) is 91.0 Å². The second-order valence-electron chi connectivity index (χ2n) is 11.5. The molecule has 0 aliphatic carbocycles. The van der Waals surface area contributed by atoms with Crippen LogP contribution in [0, 0.1) is 0 Å². The van der Waals surface area contributed by atoms with Crippen molar-refractivity contribution in [1.29, 1.82) is 0 Å². The summed E-state index contributed by atoms with van der Waals surface area (Å²) < 4.78 is 1.43. The van der Waals surface area contributed by atoms with Crippen LogP contribution in [0.4, 0.5) is 11.4 Å². The van der Waals surface area contributed by atoms with Crippen LogP contribution >= 0.6 is 0 Å². The molecule has 10 heteroatoms. The maximum Gasteiger partial charge on any atom is 0.283 e. The third-order valence-electron chi connectivity index (χ3n) is 8.07. The molecule has 5 aromatic rings. The zero-order valence-corrected chi connectivity index (χ0v) is 26.9. The standard InChI is InChI=1S/C39H34N4O6/c1-41(2)31-19-13-27(14-20-31)9-5-3-8-12-34-35(30-10-6-4-7-11-30)36-37(42(38(34)44)32-21-15-28(16-22-32)25-48-46)40-43(39(36)45)33-23-17-29(18-24-33)26-49-47/h3-24,46-47H,25-26H2,1-2H3/b8-3-,9-5-,34-12-. The molecule has 0 radical (unpaired) electrons. The van der Waals surface area contributed by atoms with E-state index in [2.05, 4.69) is 9.78 Å². The minimum atomic E-state index is -0.404. The van der Waals surface area contributed by atoms with Crippen molar-refractivity contribution in [2.45, 2.75) is 13.2 Å². The third kappa shape index (κ3) is 7.03. The average Bonchev–Trinajstić information content (AvgIpc) is 3.45. The van der Waals surface area contributed by atoms with Crippen LogP contribution in [0.15, 0.2) is 131 Å². The Morgan fingerprint density at radius 2 is 1.33 bits per heavy atom. The molecule has 0 fully saturated rings. The number of carbonyl (C=O) groups is 1. The molecule has 0 spiro atoms. The summed E-state index contributed by atoms with van der Waals surface area (Å²) in [6.45, 7) is -0.0312. The maximum absolute atomic E-state index is 14.6. The van der Waals surface area contributed by atoms with Crippen molar-refractivity contribution in [3.05, 3.63) is 165 Å². The van der Waals surface area contributed by atoms with Gasteiger partial charge in [0.25, 0.3) is 11.5 Å². The van der Waals surface area contributed by atoms with Crippen molar-refractivity contribution < 1.29 is 25.1 Å². The van der Waals surface area contributed by atoms with E-state index < -0.39 is 5.91 Å². The van der Waals surface area contributed by atoms with E-state index >= 15 is 0 Å². The number of anilines is 2. The molecule has 0 saturated heterocycles. The predicted molar refractivity (Wildman–Crippen MR) is 190 cm³/mol. The maximum atomic E-state index is 14.6. The molecule has 49 heavy (non-hydrogen) atoms. The van der Waals surface area contributed by atoms with Gasteiger partial charge in [-0.05, 0) is 64.7 Å². The van der Waals surface area contributed by atoms with Crippen LogP contribution in [-0.4, -0.2) is 35.1 Å². The molecule has 0 saturated carbocycles. The van der Waals surface area contributed by atoms with Crippen molar-refractivity contribution in [1.82, 2.24) is 4.57 Å². The highest BCUT2D eigenvalue weighted by Crippen LogP contribution is 2.26. The Labute approximate surface area is 282 Å². The van der Waals surface area contributed by atoms with Gasteiger partial charge in [0.1, 0.15) is 13.2 Å². The number of amides is 1. The van der Waals surface area contributed by atoms with Crippen LogP contribution in [0.25, 0.3) is 29.0 Å². The highest BCUT2D eigenvalue weighted by atomic mass is 17.1. The summed E-state index contributed by atoms with van der Waals surface area (Å²) in [6, 6.07) is 31.2. The van der Waals surface area contributed by atoms with Gasteiger partial charge in [-0.15, -0.1) is 5.10 Å². The molecule has 4 aromatic carbocycles. The van der Waals surface area contributed by atoms with Crippen LogP contribution < -0.4 is 26.2 Å². The van der Waals surface area contributed by atoms with Gasteiger partial charge in [0.05, 0.1) is 16.9 Å². The topological polar surface area (TPSA) is 117 Å². The van der Waals surface area contributed by atoms with Crippen LogP contribution in [0.2, 0.25) is 0 Å². The van der Waals surface area contributed by atoms with Crippen molar-refractivity contribution in [2.75, 3.05) is 24.0 Å². The number of benzene rings is 4. The van der Waals surface area contributed by atoms with E-state index in [4.69, 9.17) is 15.6 Å². The number of hydrogen-bond acceptors (Lipinski definition) is 8. The Morgan fingerprint density at radius 1 is 0.714 bits per heavy atom. The molecule has 10 nitrogen and oxygen atoms in total. The molecule has 246 valence electrons. The number of fused-ring (bicyclic) bond motifs is 1. The zero-order valence-electron chi connectivity index (χ0n) is 26.9. The summed E-state index contributed by atoms with van der Waals surface area (Å²) in [4.78, 5) is 39.5. The molecular weight excluding hydrogens is 620 g/mol. The number of allylic oxidation sites excluding steroid dienone is 3. The van der Waals surface area contributed by atoms with E-state index in [1.165, 1.54) is 9.58 Å². The molecule has 1 aliphatic rings. The van der Waals surface area contributed by atoms with Crippen LogP contribution in [0.5, 0.6) is 0 Å². The Hall–Kier alpha value is -5.91. The second-order valence-corrected chi connectivity index (χ2v) is 11.5. The van der Waals surface area contributed by atoms with Crippen LogP contribution in [-0.2, 0) is 23.0 Å². The molecule has 0 unspecified atom stereocenters. The van der Waals surface area contributed by atoms with E-state index in [1.807, 2.05) is 91.8 Å². The van der Waals surface area contributed by atoms with Crippen LogP contribution in [0.3, 0.4) is 0 Å². The van der Waals surface area contributed by atoms with E-state index in [0.717, 1.165) is 11.3 Å². The summed E-state index contributed by atoms with van der Waals surface area (Å²) in [5.74, 6) is -0.404. The first kappa shape index (κ1) is 33.0. The van der Waals surface area contributed by atoms with E-state index in [0.29, 0.717) is 38.8 Å². The highest BCUT2D eigenvalue weighted by molar-refractivity contribution is 6.11. The summed E-state index contributed by atoms with van der Waals surface area (Å²) >= 11 is 0. The molecule has 0 bridgehead atoms. The number of carbonyl (C=O) groups excluding carboxylic acids is 1. The average molecular weight is 655 g/mol. The first-order valence-electron chi connectivity index (χ1n) is 15.5. The van der Waals surface area contributed by atoms with Gasteiger partial charge in [0.2, 0.25) is 0 Å². The van der Waals surface area contributed by atoms with Gasteiger partial charge in [0.15, 0.2) is 5.49 Å². The number of nitrogens with zero attached hydrogens (tertiary/aromatic N) is 4. The fraction of sp³-hybridized carbons (Fsp3) is 0.103. The summed E-state index contributed by atoms with van der Waals surface area (Å²) in [5, 5.41) is 24.1. The number of pyridine rings is 1. The Balaban J connectivity index is 1.53. The predicted octanol–water partition coefficient (Wildman–Crippen LogP) is 5.79. The third-order valence-corrected chi connectivity index (χ3v) is 8.07. The lowest BCUT2D eigenvalue weighted by molar-refractivity contribution is -0.253. The van der Waals surface area contributed by atoms with Crippen molar-refractivity contribution in [3.8, 4) is 16.8 Å². The number of hydrogen-bond donors (Lipinski definition) is 2. The molecule has 1 aliphatic heterocycles. The largest absolute Gasteiger partial charge is 0.378 e. The molecule has 6 rings (SSSR count). The lowest BCUT2D eigenvalue weighted by Crippen LogP contribution is -2.44. The first-order valence-corrected chi connectivity index (χ1v) is 15.5. The van der Waals surface area contributed by atoms with Gasteiger partial charge < -0.3 is 4.90 Å². The minimum absolute atomic E-state index is 0.00869. The summed E-state index contributed by atoms with van der Waals surface area (Å²) in [6.07, 6.45) is 9.20. The monoisotopic (exact) mass is 654 g/mol. The molecule has 2 N–H and O–H groups in total. The number of aromatic nitrogens is 1. The van der Waals surface area contributed by atoms with Gasteiger partial charge in [-0.3, -0.25) is 24.7 Å². The first-order chi connectivity index (χ1) is 23.9. The number of rotatable bonds is 11. The van der Waals surface area contributed by atoms with Gasteiger partial charge in [0, 0.05) is 30.6 Å². The lowest BCUT2D eigenvalue weighted by atomic mass is 9.97. The normalized spacial score (nSPS) is 13.0. The van der Waals surface area contributed by atoms with Crippen molar-refractivity contribution in [3.63, 3.8) is 0 Å². The minimum Gasteiger partial charge on any atom is -0.378 e. The second kappa shape index (κ2) is 14.9. The van der Waals surface area contributed by atoms with Crippen molar-refractivity contribution >= 4 is 29.4 Å². The molecular formula is C39H34N4O6. The molecule has 1 amide bonds. The van der Waals surface area contributed by atoms with Gasteiger partial charge >= 0.3 is 0 Å². The van der Waals surface area contributed by atoms with Gasteiger partial charge in [-0.2, -0.15) is 5.01 Å². The van der Waals surface area contributed by atoms with Crippen molar-refractivity contribution in [2.24, 2.45) is 5.10 Å². The fourth-order valence-corrected chi connectivity index (χ4v) is 5.59. The fourth-order valence-electron chi connectivity index (χ4n) is 5.59. The van der Waals surface area contributed by atoms with Gasteiger partial charge in [-0.25, -0.2) is 9.78 Å². The lowest BCUT2D eigenvalue weighted by Gasteiger charge is -2.14. The summed E-state index contributed by atoms with van der Waals surface area (Å²) in [7, 11) is 3.99. The molecule has 2 heterocycles. The van der Waals surface area contributed by atoms with E-state index in [-0.39, 0.29) is 29.8 Å². The molecule has 0 atom stereocenters. The Morgan fingerprint density at radius 3 is 1.92 bits per heavy atom. The smallest absolute Gasteiger partial charge is 0.283 e. The molecule has 1 aromatic heterocycles. The SMILES string of the molecule is CN(C)c1ccc(\C=C/C=C\C=c2\c(-c3ccccc3)c3c(n(-c4ccc(COO)cc4)c2=O)=NN(c2ccc(COO)cc2)C3=O)cc1. The Kier molecular flexibility index (Phi) is 10.0. The quantitative estimate of drug-likeness (QED) is 0.105. The highest BCUT2D eigenvalue weighted by Gasteiger charge is 2.32. The zero-order chi connectivity index (χ0) is 34.3. The van der Waals surface area contributed by atoms with E-state index in [9.17, 15) is 9.59 Å². The summed E-state index contributed by atoms with van der Waals surface area (Å²) in [5.41, 5.74) is 5.73.